The molecule has 1 fully saturated rings. The van der Waals surface area contributed by atoms with Crippen LogP contribution in [0.1, 0.15) is 13.3 Å². The molecule has 1 heterocycles. The van der Waals surface area contributed by atoms with E-state index in [2.05, 4.69) is 35.2 Å². The van der Waals surface area contributed by atoms with Crippen LogP contribution < -0.4 is 0 Å². The highest BCUT2D eigenvalue weighted by Crippen LogP contribution is 2.23. The molecule has 0 saturated carbocycles. The minimum atomic E-state index is 0.199. The van der Waals surface area contributed by atoms with Crippen molar-refractivity contribution in [2.24, 2.45) is 5.92 Å². The van der Waals surface area contributed by atoms with Gasteiger partial charge in [-0.3, -0.25) is 4.79 Å². The first-order valence-corrected chi connectivity index (χ1v) is 6.19. The van der Waals surface area contributed by atoms with Gasteiger partial charge in [0.15, 0.2) is 0 Å². The second-order valence-electron chi connectivity index (χ2n) is 3.24. The van der Waals surface area contributed by atoms with E-state index in [0.29, 0.717) is 11.2 Å². The van der Waals surface area contributed by atoms with Gasteiger partial charge in [-0.15, -0.1) is 0 Å². The Morgan fingerprint density at radius 2 is 2.42 bits per heavy atom. The SMILES string of the molecule is CC(=O)N1CCC(S)C(CI)C1. The van der Waals surface area contributed by atoms with Gasteiger partial charge in [-0.05, 0) is 12.3 Å². The van der Waals surface area contributed by atoms with Crippen molar-refractivity contribution in [2.45, 2.75) is 18.6 Å². The zero-order chi connectivity index (χ0) is 9.14. The Balaban J connectivity index is 2.49. The summed E-state index contributed by atoms with van der Waals surface area (Å²) in [7, 11) is 0. The Hall–Kier alpha value is 0.550. The van der Waals surface area contributed by atoms with Gasteiger partial charge in [0, 0.05) is 29.7 Å². The largest absolute Gasteiger partial charge is 0.343 e. The molecule has 2 nitrogen and oxygen atoms in total. The fraction of sp³-hybridized carbons (Fsp3) is 0.875. The number of rotatable bonds is 1. The van der Waals surface area contributed by atoms with E-state index < -0.39 is 0 Å². The minimum Gasteiger partial charge on any atom is -0.343 e. The van der Waals surface area contributed by atoms with Crippen molar-refractivity contribution in [2.75, 3.05) is 17.5 Å². The van der Waals surface area contributed by atoms with Gasteiger partial charge in [-0.25, -0.2) is 0 Å². The monoisotopic (exact) mass is 299 g/mol. The van der Waals surface area contributed by atoms with E-state index in [9.17, 15) is 4.79 Å². The number of amides is 1. The van der Waals surface area contributed by atoms with Gasteiger partial charge in [-0.2, -0.15) is 12.6 Å². The fourth-order valence-electron chi connectivity index (χ4n) is 1.46. The summed E-state index contributed by atoms with van der Waals surface area (Å²) in [5, 5.41) is 0.484. The van der Waals surface area contributed by atoms with E-state index in [4.69, 9.17) is 0 Å². The van der Waals surface area contributed by atoms with E-state index in [-0.39, 0.29) is 5.91 Å². The predicted molar refractivity (Wildman–Crippen MR) is 62.0 cm³/mol. The lowest BCUT2D eigenvalue weighted by Gasteiger charge is -2.35. The van der Waals surface area contributed by atoms with Crippen LogP contribution in [0, 0.1) is 5.92 Å². The Kier molecular flexibility index (Phi) is 4.16. The summed E-state index contributed by atoms with van der Waals surface area (Å²) in [5.74, 6) is 0.775. The number of carbonyl (C=O) groups excluding carboxylic acids is 1. The van der Waals surface area contributed by atoms with Crippen LogP contribution >= 0.6 is 35.2 Å². The molecular weight excluding hydrogens is 285 g/mol. The average Bonchev–Trinajstić information content (AvgIpc) is 2.05. The molecule has 1 aliphatic heterocycles. The summed E-state index contributed by atoms with van der Waals surface area (Å²) < 4.78 is 1.09. The molecule has 1 rings (SSSR count). The Bertz CT molecular complexity index is 176. The molecule has 0 aliphatic carbocycles. The molecular formula is C8H14INOS. The number of hydrogen-bond acceptors (Lipinski definition) is 2. The molecule has 1 saturated heterocycles. The lowest BCUT2D eigenvalue weighted by molar-refractivity contribution is -0.130. The van der Waals surface area contributed by atoms with Crippen LogP contribution in [0.5, 0.6) is 0 Å². The van der Waals surface area contributed by atoms with E-state index in [1.807, 2.05) is 4.90 Å². The fourth-order valence-corrected chi connectivity index (χ4v) is 3.07. The second-order valence-corrected chi connectivity index (χ2v) is 4.78. The summed E-state index contributed by atoms with van der Waals surface area (Å²) in [6.07, 6.45) is 1.04. The Morgan fingerprint density at radius 1 is 1.75 bits per heavy atom. The molecule has 2 unspecified atom stereocenters. The van der Waals surface area contributed by atoms with Gasteiger partial charge < -0.3 is 4.90 Å². The van der Waals surface area contributed by atoms with Crippen LogP contribution in [-0.4, -0.2) is 33.6 Å². The summed E-state index contributed by atoms with van der Waals surface area (Å²) in [6, 6.07) is 0. The van der Waals surface area contributed by atoms with E-state index >= 15 is 0 Å². The number of nitrogens with zero attached hydrogens (tertiary/aromatic N) is 1. The van der Waals surface area contributed by atoms with Crippen molar-refractivity contribution in [3.63, 3.8) is 0 Å². The first-order chi connectivity index (χ1) is 5.65. The summed E-state index contributed by atoms with van der Waals surface area (Å²) >= 11 is 6.87. The lowest BCUT2D eigenvalue weighted by Crippen LogP contribution is -2.44. The van der Waals surface area contributed by atoms with Crippen LogP contribution in [0.3, 0.4) is 0 Å². The highest BCUT2D eigenvalue weighted by Gasteiger charge is 2.26. The maximum absolute atomic E-state index is 11.1. The number of hydrogen-bond donors (Lipinski definition) is 1. The molecule has 0 radical (unpaired) electrons. The van der Waals surface area contributed by atoms with Gasteiger partial charge >= 0.3 is 0 Å². The minimum absolute atomic E-state index is 0.199. The van der Waals surface area contributed by atoms with Crippen LogP contribution in [0.2, 0.25) is 0 Å². The number of halogens is 1. The topological polar surface area (TPSA) is 20.3 Å². The molecule has 4 heteroatoms. The summed E-state index contributed by atoms with van der Waals surface area (Å²) in [4.78, 5) is 13.0. The van der Waals surface area contributed by atoms with Crippen LogP contribution in [0.15, 0.2) is 0 Å². The van der Waals surface area contributed by atoms with E-state index in [1.165, 1.54) is 0 Å². The molecule has 0 spiro atoms. The third-order valence-electron chi connectivity index (χ3n) is 2.34. The molecule has 0 bridgehead atoms. The molecule has 70 valence electrons. The molecule has 1 amide bonds. The van der Waals surface area contributed by atoms with Gasteiger partial charge in [-0.1, -0.05) is 22.6 Å². The smallest absolute Gasteiger partial charge is 0.219 e. The Labute approximate surface area is 92.6 Å². The first-order valence-electron chi connectivity index (χ1n) is 4.14. The molecule has 12 heavy (non-hydrogen) atoms. The molecule has 0 aromatic rings. The number of thiol groups is 1. The van der Waals surface area contributed by atoms with Crippen molar-refractivity contribution in [1.82, 2.24) is 4.90 Å². The van der Waals surface area contributed by atoms with Crippen molar-refractivity contribution in [3.05, 3.63) is 0 Å². The van der Waals surface area contributed by atoms with Crippen LogP contribution in [0.25, 0.3) is 0 Å². The zero-order valence-electron chi connectivity index (χ0n) is 7.16. The number of piperidine rings is 1. The van der Waals surface area contributed by atoms with Crippen LogP contribution in [-0.2, 0) is 4.79 Å². The average molecular weight is 299 g/mol. The lowest BCUT2D eigenvalue weighted by atomic mass is 9.99. The van der Waals surface area contributed by atoms with Gasteiger partial charge in [0.2, 0.25) is 5.91 Å². The van der Waals surface area contributed by atoms with E-state index in [1.54, 1.807) is 6.92 Å². The summed E-state index contributed by atoms with van der Waals surface area (Å²) in [6.45, 7) is 3.42. The zero-order valence-corrected chi connectivity index (χ0v) is 10.2. The standard InChI is InChI=1S/C8H14INOS/c1-6(11)10-3-2-8(12)7(4-9)5-10/h7-8,12H,2-5H2,1H3. The van der Waals surface area contributed by atoms with Gasteiger partial charge in [0.1, 0.15) is 0 Å². The molecule has 0 aromatic heterocycles. The molecule has 0 N–H and O–H groups in total. The maximum Gasteiger partial charge on any atom is 0.219 e. The predicted octanol–water partition coefficient (Wildman–Crippen LogP) is 1.59. The highest BCUT2D eigenvalue weighted by atomic mass is 127. The quantitative estimate of drug-likeness (QED) is 0.443. The first kappa shape index (κ1) is 10.6. The second kappa shape index (κ2) is 4.69. The van der Waals surface area contributed by atoms with Crippen molar-refractivity contribution in [1.29, 1.82) is 0 Å². The maximum atomic E-state index is 11.1. The van der Waals surface area contributed by atoms with Crippen molar-refractivity contribution >= 4 is 41.1 Å². The normalized spacial score (nSPS) is 30.4. The number of likely N-dealkylation sites (tertiary alicyclic amines) is 1. The van der Waals surface area contributed by atoms with Crippen molar-refractivity contribution in [3.8, 4) is 0 Å². The number of alkyl halides is 1. The summed E-state index contributed by atoms with van der Waals surface area (Å²) in [5.41, 5.74) is 0. The molecule has 2 atom stereocenters. The molecule has 1 aliphatic rings. The van der Waals surface area contributed by atoms with Gasteiger partial charge in [0.25, 0.3) is 0 Å². The van der Waals surface area contributed by atoms with Crippen molar-refractivity contribution < 1.29 is 4.79 Å². The third-order valence-corrected chi connectivity index (χ3v) is 4.15. The van der Waals surface area contributed by atoms with Crippen LogP contribution in [0.4, 0.5) is 0 Å². The molecule has 0 aromatic carbocycles. The number of carbonyl (C=O) groups is 1. The highest BCUT2D eigenvalue weighted by molar-refractivity contribution is 14.1. The third kappa shape index (κ3) is 2.52. The van der Waals surface area contributed by atoms with E-state index in [0.717, 1.165) is 23.9 Å². The Morgan fingerprint density at radius 3 is 2.92 bits per heavy atom. The van der Waals surface area contributed by atoms with Gasteiger partial charge in [0.05, 0.1) is 0 Å².